The Morgan fingerprint density at radius 1 is 0.932 bits per heavy atom. The number of phenols is 1. The fourth-order valence-electron chi connectivity index (χ4n) is 9.70. The van der Waals surface area contributed by atoms with Gasteiger partial charge in [0.1, 0.15) is 11.5 Å². The van der Waals surface area contributed by atoms with Crippen molar-refractivity contribution in [2.24, 2.45) is 17.4 Å². The Morgan fingerprint density at radius 2 is 1.64 bits per heavy atom. The maximum Gasteiger partial charge on any atom is 0.234 e. The molecular formula is C47H61N7O5. The van der Waals surface area contributed by atoms with Crippen molar-refractivity contribution in [3.8, 4) is 11.5 Å². The minimum atomic E-state index is -0.714. The second-order valence-electron chi connectivity index (χ2n) is 16.8. The smallest absolute Gasteiger partial charge is 0.234 e. The van der Waals surface area contributed by atoms with Gasteiger partial charge in [-0.1, -0.05) is 36.4 Å². The minimum Gasteiger partial charge on any atom is -0.507 e. The van der Waals surface area contributed by atoms with Crippen molar-refractivity contribution in [1.82, 2.24) is 20.0 Å². The molecular weight excluding hydrogens is 743 g/mol. The Labute approximate surface area is 348 Å². The van der Waals surface area contributed by atoms with Gasteiger partial charge in [-0.05, 0) is 117 Å². The maximum absolute atomic E-state index is 14.8. The van der Waals surface area contributed by atoms with E-state index in [1.807, 2.05) is 48.3 Å². The molecule has 0 saturated carbocycles. The molecule has 1 atom stereocenters. The van der Waals surface area contributed by atoms with E-state index in [4.69, 9.17) is 16.2 Å². The van der Waals surface area contributed by atoms with Gasteiger partial charge in [-0.15, -0.1) is 0 Å². The zero-order valence-electron chi connectivity index (χ0n) is 34.7. The van der Waals surface area contributed by atoms with Crippen LogP contribution in [0, 0.1) is 5.92 Å². The standard InChI is InChI=1S/C47H61N7O5/c1-51(36-19-24-52(25-20-36)23-16-33-17-26-53(27-18-33)37-12-10-34(11-13-37)40-14-15-44(56)50-45(40)57)46(58)47(35-6-5-7-39(30-35)59-2)21-28-54(29-22-47)38(32-48)31-42(49)41-8-3-4-9-43(41)55/h3-13,30-33,36,40,55H,14-29,48-49H2,1-2H3,(H,50,56,57)/b38-32+,42-31-. The number of carbonyl (C=O) groups is 3. The third-order valence-corrected chi connectivity index (χ3v) is 13.5. The van der Waals surface area contributed by atoms with Crippen LogP contribution in [0.2, 0.25) is 0 Å². The van der Waals surface area contributed by atoms with Crippen LogP contribution in [0.3, 0.4) is 0 Å². The highest BCUT2D eigenvalue weighted by molar-refractivity contribution is 6.01. The number of para-hydroxylation sites is 1. The van der Waals surface area contributed by atoms with Crippen LogP contribution in [0.4, 0.5) is 5.69 Å². The number of amides is 3. The number of anilines is 1. The van der Waals surface area contributed by atoms with E-state index in [0.29, 0.717) is 56.0 Å². The third-order valence-electron chi connectivity index (χ3n) is 13.5. The molecule has 12 nitrogen and oxygen atoms in total. The van der Waals surface area contributed by atoms with Crippen LogP contribution >= 0.6 is 0 Å². The van der Waals surface area contributed by atoms with Crippen molar-refractivity contribution in [1.29, 1.82) is 0 Å². The number of ether oxygens (including phenoxy) is 1. The molecule has 0 spiro atoms. The number of nitrogens with one attached hydrogen (secondary N) is 1. The number of methoxy groups -OCH3 is 1. The van der Waals surface area contributed by atoms with E-state index in [2.05, 4.69) is 38.2 Å². The molecule has 12 heteroatoms. The van der Waals surface area contributed by atoms with Gasteiger partial charge in [-0.2, -0.15) is 0 Å². The lowest BCUT2D eigenvalue weighted by Crippen LogP contribution is -2.55. The van der Waals surface area contributed by atoms with E-state index in [1.165, 1.54) is 12.1 Å². The molecule has 0 bridgehead atoms. The SMILES string of the molecule is COc1cccc(C2(C(=O)N(C)C3CCN(CCC4CCN(c5ccc(C6CCC(=O)NC6=O)cc5)CC4)CC3)CCN(C(/C=C(\N)c3ccccc3O)=C/N)CC2)c1. The maximum atomic E-state index is 14.8. The van der Waals surface area contributed by atoms with Crippen LogP contribution in [0.25, 0.3) is 5.70 Å². The van der Waals surface area contributed by atoms with E-state index < -0.39 is 5.41 Å². The van der Waals surface area contributed by atoms with Crippen LogP contribution in [-0.2, 0) is 19.8 Å². The quantitative estimate of drug-likeness (QED) is 0.140. The second kappa shape index (κ2) is 18.6. The number of hydrogen-bond acceptors (Lipinski definition) is 10. The summed E-state index contributed by atoms with van der Waals surface area (Å²) in [4.78, 5) is 48.0. The normalized spacial score (nSPS) is 21.3. The fraction of sp³-hybridized carbons (Fsp3) is 0.468. The van der Waals surface area contributed by atoms with Gasteiger partial charge < -0.3 is 40.9 Å². The van der Waals surface area contributed by atoms with Crippen molar-refractivity contribution >= 4 is 29.1 Å². The molecule has 0 radical (unpaired) electrons. The molecule has 0 aliphatic carbocycles. The summed E-state index contributed by atoms with van der Waals surface area (Å²) < 4.78 is 5.62. The predicted molar refractivity (Wildman–Crippen MR) is 231 cm³/mol. The molecule has 3 aromatic rings. The summed E-state index contributed by atoms with van der Waals surface area (Å²) in [6.07, 6.45) is 10.9. The molecule has 1 unspecified atom stereocenters. The third kappa shape index (κ3) is 9.38. The van der Waals surface area contributed by atoms with Gasteiger partial charge in [-0.3, -0.25) is 19.7 Å². The number of rotatable bonds is 12. The largest absolute Gasteiger partial charge is 0.507 e. The Hall–Kier alpha value is -5.49. The molecule has 3 amide bonds. The summed E-state index contributed by atoms with van der Waals surface area (Å²) in [6.45, 7) is 6.32. The van der Waals surface area contributed by atoms with E-state index in [0.717, 1.165) is 81.0 Å². The van der Waals surface area contributed by atoms with Gasteiger partial charge in [0, 0.05) is 81.9 Å². The molecule has 6 N–H and O–H groups in total. The summed E-state index contributed by atoms with van der Waals surface area (Å²) in [6, 6.07) is 23.5. The highest BCUT2D eigenvalue weighted by atomic mass is 16.5. The summed E-state index contributed by atoms with van der Waals surface area (Å²) in [7, 11) is 3.65. The predicted octanol–water partition coefficient (Wildman–Crippen LogP) is 5.28. The Morgan fingerprint density at radius 3 is 2.31 bits per heavy atom. The summed E-state index contributed by atoms with van der Waals surface area (Å²) in [5.74, 6) is 1.07. The molecule has 314 valence electrons. The monoisotopic (exact) mass is 803 g/mol. The van der Waals surface area contributed by atoms with Crippen LogP contribution in [0.5, 0.6) is 11.5 Å². The number of aromatic hydroxyl groups is 1. The first-order valence-corrected chi connectivity index (χ1v) is 21.3. The number of imide groups is 1. The Balaban J connectivity index is 0.911. The number of nitrogens with two attached hydrogens (primary N) is 2. The number of benzene rings is 3. The van der Waals surface area contributed by atoms with Crippen molar-refractivity contribution in [3.63, 3.8) is 0 Å². The van der Waals surface area contributed by atoms with Crippen molar-refractivity contribution in [2.45, 2.75) is 75.2 Å². The number of piperidine rings is 4. The van der Waals surface area contributed by atoms with Gasteiger partial charge >= 0.3 is 0 Å². The Kier molecular flexibility index (Phi) is 13.1. The molecule has 4 fully saturated rings. The van der Waals surface area contributed by atoms with E-state index in [-0.39, 0.29) is 35.4 Å². The first-order chi connectivity index (χ1) is 28.6. The molecule has 4 aliphatic heterocycles. The number of phenolic OH excluding ortho intramolecular Hbond substituents is 1. The zero-order valence-corrected chi connectivity index (χ0v) is 34.7. The highest BCUT2D eigenvalue weighted by Gasteiger charge is 2.46. The first kappa shape index (κ1) is 41.7. The first-order valence-electron chi connectivity index (χ1n) is 21.3. The zero-order chi connectivity index (χ0) is 41.5. The fourth-order valence-corrected chi connectivity index (χ4v) is 9.70. The number of likely N-dealkylation sites (N-methyl/N-ethyl adjacent to an activating group) is 1. The number of carbonyl (C=O) groups excluding carboxylic acids is 3. The lowest BCUT2D eigenvalue weighted by molar-refractivity contribution is -0.141. The topological polar surface area (TPSA) is 158 Å². The van der Waals surface area contributed by atoms with Crippen LogP contribution in [-0.4, -0.2) is 104 Å². The number of nitrogens with zero attached hydrogens (tertiary/aromatic N) is 4. The molecule has 0 aromatic heterocycles. The minimum absolute atomic E-state index is 0.110. The summed E-state index contributed by atoms with van der Waals surface area (Å²) in [5, 5.41) is 12.8. The molecule has 3 aromatic carbocycles. The summed E-state index contributed by atoms with van der Waals surface area (Å²) >= 11 is 0. The highest BCUT2D eigenvalue weighted by Crippen LogP contribution is 2.41. The molecule has 7 rings (SSSR count). The van der Waals surface area contributed by atoms with Crippen molar-refractivity contribution < 1.29 is 24.2 Å². The van der Waals surface area contributed by atoms with Gasteiger partial charge in [0.15, 0.2) is 0 Å². The van der Waals surface area contributed by atoms with E-state index in [9.17, 15) is 19.5 Å². The van der Waals surface area contributed by atoms with Crippen LogP contribution in [0.15, 0.2) is 90.8 Å². The van der Waals surface area contributed by atoms with E-state index >= 15 is 0 Å². The van der Waals surface area contributed by atoms with Gasteiger partial charge in [-0.25, -0.2) is 0 Å². The second-order valence-corrected chi connectivity index (χ2v) is 16.8. The molecule has 4 saturated heterocycles. The number of likely N-dealkylation sites (tertiary alicyclic amines) is 2. The van der Waals surface area contributed by atoms with Crippen molar-refractivity contribution in [2.75, 3.05) is 64.9 Å². The molecule has 4 heterocycles. The lowest BCUT2D eigenvalue weighted by Gasteiger charge is -2.46. The summed E-state index contributed by atoms with van der Waals surface area (Å²) in [5.41, 5.74) is 16.7. The molecule has 59 heavy (non-hydrogen) atoms. The average molecular weight is 804 g/mol. The lowest BCUT2D eigenvalue weighted by atomic mass is 9.71. The number of hydrogen-bond donors (Lipinski definition) is 4. The molecule has 4 aliphatic rings. The number of allylic oxidation sites excluding steroid dienone is 1. The van der Waals surface area contributed by atoms with Gasteiger partial charge in [0.2, 0.25) is 17.7 Å². The van der Waals surface area contributed by atoms with Crippen LogP contribution < -0.4 is 26.4 Å². The van der Waals surface area contributed by atoms with Crippen LogP contribution in [0.1, 0.15) is 80.4 Å². The van der Waals surface area contributed by atoms with Gasteiger partial charge in [0.05, 0.1) is 24.1 Å². The van der Waals surface area contributed by atoms with E-state index in [1.54, 1.807) is 37.6 Å². The van der Waals surface area contributed by atoms with Crippen molar-refractivity contribution in [3.05, 3.63) is 107 Å². The average Bonchev–Trinajstić information content (AvgIpc) is 3.27. The Bertz CT molecular complexity index is 2010. The van der Waals surface area contributed by atoms with Gasteiger partial charge in [0.25, 0.3) is 0 Å².